The van der Waals surface area contributed by atoms with Gasteiger partial charge in [0.05, 0.1) is 123 Å². The zero-order valence-corrected chi connectivity index (χ0v) is 83.1. The van der Waals surface area contributed by atoms with Crippen LogP contribution < -0.4 is 30.7 Å². The van der Waals surface area contributed by atoms with Gasteiger partial charge in [0.2, 0.25) is 0 Å². The molecule has 41 nitrogen and oxygen atoms in total. The topological polar surface area (TPSA) is 503 Å². The van der Waals surface area contributed by atoms with Crippen molar-refractivity contribution in [2.75, 3.05) is 91.2 Å². The smallest absolute Gasteiger partial charge is 0.335 e. The van der Waals surface area contributed by atoms with Crippen molar-refractivity contribution >= 4 is 113 Å². The second-order valence-corrected chi connectivity index (χ2v) is 37.9. The molecule has 766 valence electrons. The molecule has 6 fully saturated rings. The molecule has 3 saturated heterocycles. The number of aromatic amines is 3. The van der Waals surface area contributed by atoms with E-state index in [1.165, 1.54) is 43.0 Å². The molecule has 0 bridgehead atoms. The molecule has 9 N–H and O–H groups in total. The average molecular weight is 2020 g/mol. The van der Waals surface area contributed by atoms with E-state index in [4.69, 9.17) is 58.1 Å². The number of fused-ring (bicyclic) bond motifs is 6. The molecule has 12 aromatic heterocycles. The van der Waals surface area contributed by atoms with Gasteiger partial charge in [0.1, 0.15) is 57.2 Å². The molecule has 1 unspecified atom stereocenters. The maximum atomic E-state index is 13.3. The molecule has 6 aliphatic rings. The summed E-state index contributed by atoms with van der Waals surface area (Å²) in [6, 6.07) is 54.9. The fourth-order valence-electron chi connectivity index (χ4n) is 17.9. The lowest BCUT2D eigenvalue weighted by atomic mass is 9.89. The standard InChI is InChI=1S/3C27H27N7O2.C13H16O6S.C6H10O4.C5H8O4/c3*1-33(16-17-7-4-3-5-8-17)24-13-22(19-14-29-25-18(19)9-6-12-28-25)31-26-20(15-30-34(24)26)27(35)32-21-10-11-23(21)36-2;1-9-3-5-11(6-4-9)20(15,16)19-10-7-12(18-8-10)13(14)17-2;1-9-6(8)5-2-4(7)3-10-5;6-3-1-4(5(7)8)9-2-3/h3*3-9,12-15,21,23H,10-11,16H2,1-2H3,(H,28,29)(H,32,35);3-6,10,12H,7-8H2,1-2H3;4-5,7H,2-3H2,1H3;3-4,6H,1-2H2,(H,7,8)/t21?,23-;2*21-,23-;10-,12+;4-,5+;3-,4+/m010000/s1. The number of nitrogens with zero attached hydrogens (tertiary/aromatic N) is 15. The maximum Gasteiger partial charge on any atom is 0.335 e. The van der Waals surface area contributed by atoms with Crippen molar-refractivity contribution in [2.24, 2.45) is 0 Å². The number of aliphatic hydroxyl groups excluding tert-OH is 2. The summed E-state index contributed by atoms with van der Waals surface area (Å²) in [7, 11) is 9.78. The molecule has 4 aromatic carbocycles. The van der Waals surface area contributed by atoms with Crippen LogP contribution in [0.3, 0.4) is 0 Å². The van der Waals surface area contributed by atoms with Crippen LogP contribution in [0.4, 0.5) is 17.5 Å². The number of aromatic nitrogens is 15. The Morgan fingerprint density at radius 2 is 0.769 bits per heavy atom. The number of ether oxygens (including phenoxy) is 8. The van der Waals surface area contributed by atoms with Crippen molar-refractivity contribution in [3.63, 3.8) is 0 Å². The summed E-state index contributed by atoms with van der Waals surface area (Å²) in [5.41, 5.74) is 14.6. The number of esters is 2. The number of hydrogen-bond acceptors (Lipinski definition) is 31. The van der Waals surface area contributed by atoms with Crippen molar-refractivity contribution in [3.05, 3.63) is 265 Å². The minimum absolute atomic E-state index is 0.000508. The number of benzene rings is 4. The van der Waals surface area contributed by atoms with Crippen molar-refractivity contribution in [1.82, 2.24) is 89.6 Å². The van der Waals surface area contributed by atoms with Gasteiger partial charge in [0.15, 0.2) is 35.3 Å². The summed E-state index contributed by atoms with van der Waals surface area (Å²) < 4.78 is 74.4. The number of nitrogens with one attached hydrogen (secondary N) is 6. The first-order chi connectivity index (χ1) is 71.2. The normalized spacial score (nSPS) is 20.1. The number of aliphatic carboxylic acids is 1. The second kappa shape index (κ2) is 46.8. The van der Waals surface area contributed by atoms with E-state index in [9.17, 15) is 37.2 Å². The van der Waals surface area contributed by atoms with Crippen molar-refractivity contribution in [2.45, 2.75) is 162 Å². The molecule has 12 atom stereocenters. The highest BCUT2D eigenvalue weighted by Crippen LogP contribution is 2.38. The number of amides is 3. The number of anilines is 3. The van der Waals surface area contributed by atoms with E-state index < -0.39 is 64.6 Å². The van der Waals surface area contributed by atoms with Crippen LogP contribution in [0.5, 0.6) is 0 Å². The minimum Gasteiger partial charge on any atom is -0.479 e. The minimum atomic E-state index is -3.85. The second-order valence-electron chi connectivity index (χ2n) is 36.4. The lowest BCUT2D eigenvalue weighted by molar-refractivity contribution is -0.151. The van der Waals surface area contributed by atoms with Crippen LogP contribution in [0.25, 0.3) is 83.8 Å². The Morgan fingerprint density at radius 3 is 1.07 bits per heavy atom. The number of carbonyl (C=O) groups is 6. The zero-order chi connectivity index (χ0) is 103. The molecule has 15 heterocycles. The molecule has 3 saturated carbocycles. The van der Waals surface area contributed by atoms with Crippen LogP contribution in [-0.4, -0.2) is 283 Å². The van der Waals surface area contributed by atoms with Gasteiger partial charge in [0, 0.05) is 170 Å². The number of methoxy groups -OCH3 is 5. The Kier molecular flexibility index (Phi) is 32.8. The Labute approximate surface area is 844 Å². The Hall–Kier alpha value is -15.4. The molecular formula is C105H115N21O20S. The molecule has 22 rings (SSSR count). The zero-order valence-electron chi connectivity index (χ0n) is 82.3. The van der Waals surface area contributed by atoms with E-state index in [0.717, 1.165) is 128 Å². The van der Waals surface area contributed by atoms with Crippen molar-refractivity contribution in [1.29, 1.82) is 0 Å². The summed E-state index contributed by atoms with van der Waals surface area (Å²) in [5.74, 6) is -0.0263. The molecule has 42 heteroatoms. The van der Waals surface area contributed by atoms with E-state index in [2.05, 4.69) is 126 Å². The largest absolute Gasteiger partial charge is 0.479 e. The summed E-state index contributed by atoms with van der Waals surface area (Å²) in [6.07, 6.45) is 18.3. The molecule has 3 amide bonds. The van der Waals surface area contributed by atoms with E-state index in [1.807, 2.05) is 156 Å². The monoisotopic (exact) mass is 2020 g/mol. The van der Waals surface area contributed by atoms with Crippen molar-refractivity contribution < 1.29 is 94.6 Å². The van der Waals surface area contributed by atoms with Gasteiger partial charge in [-0.15, -0.1) is 0 Å². The molecule has 147 heavy (non-hydrogen) atoms. The van der Waals surface area contributed by atoms with Crippen LogP contribution >= 0.6 is 0 Å². The highest BCUT2D eigenvalue weighted by Gasteiger charge is 2.40. The number of carboxylic acids is 1. The van der Waals surface area contributed by atoms with Crippen LogP contribution in [-0.2, 0) is 86.2 Å². The number of hydrogen-bond donors (Lipinski definition) is 9. The van der Waals surface area contributed by atoms with Gasteiger partial charge < -0.3 is 98.8 Å². The third-order valence-electron chi connectivity index (χ3n) is 26.4. The van der Waals surface area contributed by atoms with Crippen LogP contribution in [0, 0.1) is 6.92 Å². The predicted octanol–water partition coefficient (Wildman–Crippen LogP) is 11.0. The van der Waals surface area contributed by atoms with Gasteiger partial charge >= 0.3 is 17.9 Å². The summed E-state index contributed by atoms with van der Waals surface area (Å²) in [6.45, 7) is 4.32. The fourth-order valence-corrected chi connectivity index (χ4v) is 19.0. The quantitative estimate of drug-likeness (QED) is 0.0171. The summed E-state index contributed by atoms with van der Waals surface area (Å²) in [5, 5.41) is 51.9. The van der Waals surface area contributed by atoms with E-state index in [1.54, 1.807) is 84.2 Å². The Bertz CT molecular complexity index is 6880. The van der Waals surface area contributed by atoms with Crippen LogP contribution in [0.15, 0.2) is 231 Å². The number of aliphatic hydroxyl groups is 2. The van der Waals surface area contributed by atoms with E-state index in [0.29, 0.717) is 59.7 Å². The highest BCUT2D eigenvalue weighted by atomic mass is 32.2. The number of aryl methyl sites for hydroxylation is 1. The molecular weight excluding hydrogens is 1910 g/mol. The first-order valence-electron chi connectivity index (χ1n) is 48.0. The van der Waals surface area contributed by atoms with E-state index >= 15 is 0 Å². The Morgan fingerprint density at radius 1 is 0.435 bits per heavy atom. The fraction of sp³-hybridized carbons (Fsp3) is 0.343. The highest BCUT2D eigenvalue weighted by molar-refractivity contribution is 7.86. The summed E-state index contributed by atoms with van der Waals surface area (Å²) in [4.78, 5) is 116. The average Bonchev–Trinajstić information content (AvgIpc) is 1.62. The van der Waals surface area contributed by atoms with Gasteiger partial charge in [-0.05, 0) is 111 Å². The van der Waals surface area contributed by atoms with Crippen LogP contribution in [0.2, 0.25) is 0 Å². The third-order valence-corrected chi connectivity index (χ3v) is 27.8. The molecule has 3 aliphatic heterocycles. The van der Waals surface area contributed by atoms with Gasteiger partial charge in [-0.1, -0.05) is 109 Å². The predicted molar refractivity (Wildman–Crippen MR) is 544 cm³/mol. The van der Waals surface area contributed by atoms with Crippen molar-refractivity contribution in [3.8, 4) is 33.8 Å². The number of rotatable bonds is 27. The molecule has 16 aromatic rings. The molecule has 3 aliphatic carbocycles. The number of carboxylic acid groups (broad SMARTS) is 1. The lowest BCUT2D eigenvalue weighted by Gasteiger charge is -2.35. The number of H-pyrrole nitrogens is 3. The first-order valence-corrected chi connectivity index (χ1v) is 49.4. The van der Waals surface area contributed by atoms with Gasteiger partial charge in [-0.25, -0.2) is 44.3 Å². The maximum absolute atomic E-state index is 13.3. The lowest BCUT2D eigenvalue weighted by Crippen LogP contribution is -2.51. The number of carbonyl (C=O) groups excluding carboxylic acids is 5. The van der Waals surface area contributed by atoms with Gasteiger partial charge in [-0.3, -0.25) is 18.6 Å². The van der Waals surface area contributed by atoms with Gasteiger partial charge in [-0.2, -0.15) is 37.3 Å². The molecule has 0 spiro atoms. The summed E-state index contributed by atoms with van der Waals surface area (Å²) >= 11 is 0. The SMILES string of the molecule is COC(=O)[C@H]1C[C@H](O)CO1.COC(=O)[C@H]1C[C@H](OS(=O)(=O)c2ccc(C)cc2)CO1.CO[C@@H]1CC[C@H]1NC(=O)c1cnn2c(N(C)Cc3ccccc3)cc(-c3c[nH]c4ncccc34)nc12.CO[C@H]1CCC1NC(=O)c1cnn2c(N(C)Cc3ccccc3)cc(-c3c[nH]c4ncccc34)nc12.CO[C@H]1CC[C@@H]1NC(=O)c1cnn2c(N(C)Cc3ccccc3)cc(-c3c[nH]c4ncccc34)nc12.O=C(O)[C@H]1C[C@H](O)CO1. The number of pyridine rings is 3. The van der Waals surface area contributed by atoms with E-state index in [-0.39, 0.29) is 91.7 Å². The molecule has 0 radical (unpaired) electrons. The Balaban J connectivity index is 0.000000128. The third kappa shape index (κ3) is 23.9. The first kappa shape index (κ1) is 103. The van der Waals surface area contributed by atoms with Gasteiger partial charge in [0.25, 0.3) is 27.8 Å². The van der Waals surface area contributed by atoms with Crippen LogP contribution in [0.1, 0.15) is 111 Å².